The SMILES string of the molecule is C.C.CC(C)CCCC(C)CCCC(C)CCCC(C)CCBr.Cc1ccc(C(=O)c2ccc(C)cc2)cc1.Cc1ccc(C(O)c2ccc(C)cc2)cc1.O=C(c1ccc(O)cc1)c1ccc(O)cc1. The Kier molecular flexibility index (Phi) is 31.3. The van der Waals surface area contributed by atoms with Gasteiger partial charge in [-0.3, -0.25) is 9.59 Å². The van der Waals surface area contributed by atoms with Crippen LogP contribution in [-0.2, 0) is 0 Å². The van der Waals surface area contributed by atoms with E-state index < -0.39 is 6.10 Å². The zero-order chi connectivity index (χ0) is 50.7. The van der Waals surface area contributed by atoms with Crippen LogP contribution < -0.4 is 0 Å². The molecule has 0 heterocycles. The number of aliphatic hydroxyl groups is 1. The van der Waals surface area contributed by atoms with Gasteiger partial charge in [0.05, 0.1) is 0 Å². The van der Waals surface area contributed by atoms with Crippen LogP contribution >= 0.6 is 15.9 Å². The van der Waals surface area contributed by atoms with Crippen LogP contribution in [0.1, 0.15) is 185 Å². The van der Waals surface area contributed by atoms with Gasteiger partial charge >= 0.3 is 0 Å². The van der Waals surface area contributed by atoms with Crippen molar-refractivity contribution in [2.75, 3.05) is 5.33 Å². The molecule has 3 N–H and O–H groups in total. The number of phenolic OH excluding ortho intramolecular Hbond substituents is 2. The van der Waals surface area contributed by atoms with E-state index in [0.717, 1.165) is 45.9 Å². The molecule has 0 aliphatic carbocycles. The quantitative estimate of drug-likeness (QED) is 0.0523. The van der Waals surface area contributed by atoms with Crippen LogP contribution in [0.25, 0.3) is 0 Å². The number of rotatable bonds is 20. The van der Waals surface area contributed by atoms with Crippen molar-refractivity contribution in [3.63, 3.8) is 0 Å². The molecule has 0 aliphatic heterocycles. The summed E-state index contributed by atoms with van der Waals surface area (Å²) in [5, 5.41) is 29.5. The van der Waals surface area contributed by atoms with E-state index in [1.165, 1.54) is 116 Å². The highest BCUT2D eigenvalue weighted by Gasteiger charge is 2.12. The van der Waals surface area contributed by atoms with Gasteiger partial charge in [0.25, 0.3) is 0 Å². The van der Waals surface area contributed by atoms with E-state index in [2.05, 4.69) is 50.5 Å². The maximum Gasteiger partial charge on any atom is 0.193 e. The van der Waals surface area contributed by atoms with Gasteiger partial charge < -0.3 is 15.3 Å². The summed E-state index contributed by atoms with van der Waals surface area (Å²) in [7, 11) is 0. The van der Waals surface area contributed by atoms with E-state index >= 15 is 0 Å². The zero-order valence-electron chi connectivity index (χ0n) is 43.1. The molecular weight excluding hydrogens is 941 g/mol. The molecule has 0 fully saturated rings. The molecule has 71 heavy (non-hydrogen) atoms. The van der Waals surface area contributed by atoms with Gasteiger partial charge in [0.1, 0.15) is 17.6 Å². The largest absolute Gasteiger partial charge is 0.508 e. The molecule has 0 radical (unpaired) electrons. The first-order chi connectivity index (χ1) is 32.9. The number of phenols is 2. The maximum atomic E-state index is 12.1. The summed E-state index contributed by atoms with van der Waals surface area (Å²) in [6.45, 7) is 20.1. The molecule has 6 aromatic rings. The summed E-state index contributed by atoms with van der Waals surface area (Å²) < 4.78 is 0. The fourth-order valence-corrected chi connectivity index (χ4v) is 8.56. The molecular formula is C65H89BrO5. The lowest BCUT2D eigenvalue weighted by Crippen LogP contribution is -2.01. The molecule has 386 valence electrons. The molecule has 0 saturated heterocycles. The maximum absolute atomic E-state index is 12.1. The van der Waals surface area contributed by atoms with Crippen LogP contribution in [0, 0.1) is 51.4 Å². The molecule has 6 heteroatoms. The van der Waals surface area contributed by atoms with Crippen molar-refractivity contribution in [1.82, 2.24) is 0 Å². The van der Waals surface area contributed by atoms with Crippen molar-refractivity contribution < 1.29 is 24.9 Å². The molecule has 6 rings (SSSR count). The second-order valence-corrected chi connectivity index (χ2v) is 20.5. The Labute approximate surface area is 439 Å². The minimum atomic E-state index is -0.527. The molecule has 5 nitrogen and oxygen atoms in total. The number of hydrogen-bond donors (Lipinski definition) is 3. The minimum Gasteiger partial charge on any atom is -0.508 e. The molecule has 3 atom stereocenters. The van der Waals surface area contributed by atoms with Crippen molar-refractivity contribution in [3.8, 4) is 11.5 Å². The third-order valence-corrected chi connectivity index (χ3v) is 13.0. The number of aliphatic hydroxyl groups excluding tert-OH is 1. The lowest BCUT2D eigenvalue weighted by molar-refractivity contribution is 0.103. The molecule has 0 amide bonds. The number of benzene rings is 6. The second-order valence-electron chi connectivity index (χ2n) is 19.7. The Bertz CT molecular complexity index is 2080. The Morgan fingerprint density at radius 3 is 0.901 bits per heavy atom. The molecule has 0 bridgehead atoms. The molecule has 0 spiro atoms. The van der Waals surface area contributed by atoms with Gasteiger partial charge in [-0.25, -0.2) is 0 Å². The van der Waals surface area contributed by atoms with E-state index in [-0.39, 0.29) is 37.9 Å². The molecule has 0 aromatic heterocycles. The number of carbonyl (C=O) groups is 2. The number of ketones is 2. The van der Waals surface area contributed by atoms with Crippen molar-refractivity contribution in [1.29, 1.82) is 0 Å². The first-order valence-corrected chi connectivity index (χ1v) is 26.3. The van der Waals surface area contributed by atoms with E-state index in [0.29, 0.717) is 11.1 Å². The summed E-state index contributed by atoms with van der Waals surface area (Å²) in [6.07, 6.45) is 13.7. The van der Waals surface area contributed by atoms with Gasteiger partial charge in [-0.05, 0) is 117 Å². The monoisotopic (exact) mass is 1030 g/mol. The fourth-order valence-electron chi connectivity index (χ4n) is 7.78. The first kappa shape index (κ1) is 63.7. The molecule has 0 aliphatic rings. The molecule has 0 saturated carbocycles. The third kappa shape index (κ3) is 25.6. The normalized spacial score (nSPS) is 11.7. The topological polar surface area (TPSA) is 94.8 Å². The lowest BCUT2D eigenvalue weighted by atomic mass is 9.91. The van der Waals surface area contributed by atoms with Crippen LogP contribution in [-0.4, -0.2) is 32.2 Å². The van der Waals surface area contributed by atoms with E-state index in [1.54, 1.807) is 24.3 Å². The second kappa shape index (κ2) is 34.9. The van der Waals surface area contributed by atoms with Gasteiger partial charge in [0.2, 0.25) is 0 Å². The van der Waals surface area contributed by atoms with Gasteiger partial charge in [-0.1, -0.05) is 243 Å². The highest BCUT2D eigenvalue weighted by molar-refractivity contribution is 9.09. The van der Waals surface area contributed by atoms with Crippen molar-refractivity contribution >= 4 is 27.5 Å². The van der Waals surface area contributed by atoms with Crippen LogP contribution in [0.2, 0.25) is 0 Å². The van der Waals surface area contributed by atoms with Crippen LogP contribution in [0.4, 0.5) is 0 Å². The summed E-state index contributed by atoms with van der Waals surface area (Å²) in [5.41, 5.74) is 9.13. The number of aromatic hydroxyl groups is 2. The lowest BCUT2D eigenvalue weighted by Gasteiger charge is -2.16. The third-order valence-electron chi connectivity index (χ3n) is 12.5. The number of carbonyl (C=O) groups excluding carboxylic acids is 2. The smallest absolute Gasteiger partial charge is 0.193 e. The van der Waals surface area contributed by atoms with Crippen molar-refractivity contribution in [3.05, 3.63) is 201 Å². The predicted octanol–water partition coefficient (Wildman–Crippen LogP) is 18.4. The highest BCUT2D eigenvalue weighted by atomic mass is 79.9. The first-order valence-electron chi connectivity index (χ1n) is 25.1. The Morgan fingerprint density at radius 2 is 0.634 bits per heavy atom. The summed E-state index contributed by atoms with van der Waals surface area (Å²) in [4.78, 5) is 24.0. The van der Waals surface area contributed by atoms with Gasteiger partial charge in [-0.15, -0.1) is 0 Å². The predicted molar refractivity (Wildman–Crippen MR) is 308 cm³/mol. The van der Waals surface area contributed by atoms with Gasteiger partial charge in [0, 0.05) is 27.6 Å². The van der Waals surface area contributed by atoms with E-state index in [1.807, 2.05) is 125 Å². The highest BCUT2D eigenvalue weighted by Crippen LogP contribution is 2.24. The van der Waals surface area contributed by atoms with Crippen molar-refractivity contribution in [2.24, 2.45) is 23.7 Å². The number of halogens is 1. The van der Waals surface area contributed by atoms with Crippen LogP contribution in [0.5, 0.6) is 11.5 Å². The molecule has 6 aromatic carbocycles. The fraction of sp³-hybridized carbons (Fsp3) is 0.415. The van der Waals surface area contributed by atoms with Gasteiger partial charge in [-0.2, -0.15) is 0 Å². The van der Waals surface area contributed by atoms with Crippen LogP contribution in [0.15, 0.2) is 146 Å². The zero-order valence-corrected chi connectivity index (χ0v) is 44.6. The Hall–Kier alpha value is -5.30. The summed E-state index contributed by atoms with van der Waals surface area (Å²) in [5.74, 6) is 3.85. The summed E-state index contributed by atoms with van der Waals surface area (Å²) >= 11 is 3.54. The number of hydrogen-bond acceptors (Lipinski definition) is 5. The summed E-state index contributed by atoms with van der Waals surface area (Å²) in [6, 6.07) is 43.4. The van der Waals surface area contributed by atoms with Crippen LogP contribution in [0.3, 0.4) is 0 Å². The van der Waals surface area contributed by atoms with Gasteiger partial charge in [0.15, 0.2) is 11.6 Å². The minimum absolute atomic E-state index is 0. The molecule has 3 unspecified atom stereocenters. The van der Waals surface area contributed by atoms with E-state index in [4.69, 9.17) is 10.2 Å². The average Bonchev–Trinajstić information content (AvgIpc) is 3.33. The van der Waals surface area contributed by atoms with Crippen molar-refractivity contribution in [2.45, 2.75) is 147 Å². The Balaban J connectivity index is 0.000000471. The number of alkyl halides is 1. The van der Waals surface area contributed by atoms with E-state index in [9.17, 15) is 14.7 Å². The number of aryl methyl sites for hydroxylation is 4. The standard InChI is InChI=1S/C20H41Br.C15H16O.C15H14O.C13H10O3.2CH4/c1-17(2)9-6-10-18(3)11-7-12-19(4)13-8-14-20(5)15-16-21;2*1-11-3-7-13(8-4-11)15(16)14-9-5-12(2)6-10-14;14-11-5-1-9(2-6-11)13(16)10-3-7-12(15)8-4-10;;/h17-20H,6-16H2,1-5H3;3-10,15-16H,1-2H3;3-10H,1-2H3;1-8,14-15H;2*1H4. The Morgan fingerprint density at radius 1 is 0.394 bits per heavy atom. The average molecular weight is 1030 g/mol.